The molecule has 6 heteroatoms. The number of rotatable bonds is 5. The normalized spacial score (nSPS) is 23.4. The van der Waals surface area contributed by atoms with Crippen LogP contribution in [0.2, 0.25) is 0 Å². The smallest absolute Gasteiger partial charge is 0.358 e. The topological polar surface area (TPSA) is 77.2 Å². The molecule has 3 rings (SSSR count). The first-order chi connectivity index (χ1) is 8.74. The number of hydrogen-bond acceptors (Lipinski definition) is 4. The highest BCUT2D eigenvalue weighted by atomic mass is 16.5. The first-order valence-corrected chi connectivity index (χ1v) is 6.51. The third-order valence-electron chi connectivity index (χ3n) is 3.62. The maximum atomic E-state index is 11.1. The van der Waals surface area contributed by atoms with Crippen molar-refractivity contribution in [3.05, 3.63) is 11.4 Å². The quantitative estimate of drug-likeness (QED) is 0.848. The van der Waals surface area contributed by atoms with E-state index >= 15 is 0 Å². The molecule has 1 saturated carbocycles. The summed E-state index contributed by atoms with van der Waals surface area (Å²) >= 11 is 0. The number of aromatic carboxylic acids is 1. The molecule has 2 heterocycles. The highest BCUT2D eigenvalue weighted by Gasteiger charge is 2.29. The van der Waals surface area contributed by atoms with Gasteiger partial charge in [-0.15, -0.1) is 5.10 Å². The van der Waals surface area contributed by atoms with Gasteiger partial charge in [0.15, 0.2) is 5.69 Å². The van der Waals surface area contributed by atoms with Crippen molar-refractivity contribution in [3.8, 4) is 0 Å². The number of carboxylic acid groups (broad SMARTS) is 1. The molecular formula is C12H17N3O3. The van der Waals surface area contributed by atoms with E-state index < -0.39 is 5.97 Å². The van der Waals surface area contributed by atoms with Crippen LogP contribution in [0.15, 0.2) is 0 Å². The van der Waals surface area contributed by atoms with Gasteiger partial charge in [-0.25, -0.2) is 9.48 Å². The molecule has 1 unspecified atom stereocenters. The lowest BCUT2D eigenvalue weighted by Crippen LogP contribution is -2.19. The van der Waals surface area contributed by atoms with E-state index in [1.807, 2.05) is 0 Å². The monoisotopic (exact) mass is 251 g/mol. The Labute approximate surface area is 105 Å². The molecule has 1 aromatic rings. The number of aromatic nitrogens is 3. The second-order valence-electron chi connectivity index (χ2n) is 5.15. The Hall–Kier alpha value is -1.43. The molecular weight excluding hydrogens is 234 g/mol. The molecule has 2 aliphatic rings. The van der Waals surface area contributed by atoms with E-state index in [0.29, 0.717) is 12.5 Å². The minimum Gasteiger partial charge on any atom is -0.476 e. The van der Waals surface area contributed by atoms with Gasteiger partial charge in [-0.05, 0) is 38.0 Å². The summed E-state index contributed by atoms with van der Waals surface area (Å²) in [7, 11) is 0. The second kappa shape index (κ2) is 4.68. The van der Waals surface area contributed by atoms with Gasteiger partial charge in [0.25, 0.3) is 0 Å². The van der Waals surface area contributed by atoms with E-state index in [9.17, 15) is 4.79 Å². The van der Waals surface area contributed by atoms with Gasteiger partial charge in [-0.1, -0.05) is 5.21 Å². The summed E-state index contributed by atoms with van der Waals surface area (Å²) < 4.78 is 7.30. The number of carbonyl (C=O) groups is 1. The van der Waals surface area contributed by atoms with Crippen molar-refractivity contribution in [2.24, 2.45) is 5.92 Å². The van der Waals surface area contributed by atoms with E-state index in [1.165, 1.54) is 12.8 Å². The fourth-order valence-corrected chi connectivity index (χ4v) is 2.42. The molecule has 1 saturated heterocycles. The summed E-state index contributed by atoms with van der Waals surface area (Å²) in [6, 6.07) is 0. The van der Waals surface area contributed by atoms with Crippen LogP contribution in [0.1, 0.15) is 41.9 Å². The second-order valence-corrected chi connectivity index (χ2v) is 5.15. The third kappa shape index (κ3) is 2.38. The van der Waals surface area contributed by atoms with Gasteiger partial charge in [-0.2, -0.15) is 0 Å². The fourth-order valence-electron chi connectivity index (χ4n) is 2.42. The van der Waals surface area contributed by atoms with Gasteiger partial charge < -0.3 is 9.84 Å². The van der Waals surface area contributed by atoms with Crippen LogP contribution in [0.4, 0.5) is 0 Å². The SMILES string of the molecule is O=C(O)c1nnn(CC2CCCO2)c1CC1CC1. The number of carboxylic acids is 1. The minimum atomic E-state index is -0.982. The van der Waals surface area contributed by atoms with Crippen molar-refractivity contribution < 1.29 is 14.6 Å². The standard InChI is InChI=1S/C12H17N3O3/c16-12(17)11-10(6-8-3-4-8)15(14-13-11)7-9-2-1-5-18-9/h8-9H,1-7H2,(H,16,17). The van der Waals surface area contributed by atoms with Crippen LogP contribution >= 0.6 is 0 Å². The molecule has 2 fully saturated rings. The Kier molecular flexibility index (Phi) is 3.03. The Morgan fingerprint density at radius 2 is 2.28 bits per heavy atom. The lowest BCUT2D eigenvalue weighted by Gasteiger charge is -2.11. The summed E-state index contributed by atoms with van der Waals surface area (Å²) in [5.74, 6) is -0.367. The zero-order chi connectivity index (χ0) is 12.5. The summed E-state index contributed by atoms with van der Waals surface area (Å²) in [5, 5.41) is 16.9. The Morgan fingerprint density at radius 3 is 2.89 bits per heavy atom. The molecule has 98 valence electrons. The van der Waals surface area contributed by atoms with Crippen molar-refractivity contribution in [1.29, 1.82) is 0 Å². The molecule has 6 nitrogen and oxygen atoms in total. The van der Waals surface area contributed by atoms with Crippen LogP contribution in [-0.4, -0.2) is 38.8 Å². The van der Waals surface area contributed by atoms with Gasteiger partial charge in [0.2, 0.25) is 0 Å². The Bertz CT molecular complexity index is 447. The highest BCUT2D eigenvalue weighted by molar-refractivity contribution is 5.86. The summed E-state index contributed by atoms with van der Waals surface area (Å²) in [5.41, 5.74) is 0.875. The Morgan fingerprint density at radius 1 is 1.44 bits per heavy atom. The number of ether oxygens (including phenoxy) is 1. The number of hydrogen-bond donors (Lipinski definition) is 1. The maximum Gasteiger partial charge on any atom is 0.358 e. The average Bonchev–Trinajstić information content (AvgIpc) is 2.86. The lowest BCUT2D eigenvalue weighted by atomic mass is 10.1. The maximum absolute atomic E-state index is 11.1. The first kappa shape index (κ1) is 11.6. The highest BCUT2D eigenvalue weighted by Crippen LogP contribution is 2.33. The molecule has 1 aliphatic carbocycles. The van der Waals surface area contributed by atoms with Crippen LogP contribution in [0.3, 0.4) is 0 Å². The van der Waals surface area contributed by atoms with Gasteiger partial charge in [0.05, 0.1) is 18.3 Å². The van der Waals surface area contributed by atoms with Crippen LogP contribution < -0.4 is 0 Å². The lowest BCUT2D eigenvalue weighted by molar-refractivity contribution is 0.0688. The van der Waals surface area contributed by atoms with E-state index in [0.717, 1.165) is 31.6 Å². The zero-order valence-electron chi connectivity index (χ0n) is 10.2. The van der Waals surface area contributed by atoms with Crippen LogP contribution in [0.5, 0.6) is 0 Å². The third-order valence-corrected chi connectivity index (χ3v) is 3.62. The van der Waals surface area contributed by atoms with Gasteiger partial charge in [-0.3, -0.25) is 0 Å². The molecule has 0 bridgehead atoms. The summed E-state index contributed by atoms with van der Waals surface area (Å²) in [6.45, 7) is 1.42. The molecule has 18 heavy (non-hydrogen) atoms. The van der Waals surface area contributed by atoms with Crippen LogP contribution in [-0.2, 0) is 17.7 Å². The zero-order valence-corrected chi connectivity index (χ0v) is 10.2. The predicted octanol–water partition coefficient (Wildman–Crippen LogP) is 1.11. The van der Waals surface area contributed by atoms with E-state index in [1.54, 1.807) is 4.68 Å². The molecule has 0 spiro atoms. The van der Waals surface area contributed by atoms with Crippen LogP contribution in [0, 0.1) is 5.92 Å². The molecule has 1 aliphatic heterocycles. The van der Waals surface area contributed by atoms with Crippen molar-refractivity contribution in [3.63, 3.8) is 0 Å². The van der Waals surface area contributed by atoms with E-state index in [2.05, 4.69) is 10.3 Å². The van der Waals surface area contributed by atoms with Gasteiger partial charge >= 0.3 is 5.97 Å². The van der Waals surface area contributed by atoms with Crippen molar-refractivity contribution in [1.82, 2.24) is 15.0 Å². The average molecular weight is 251 g/mol. The van der Waals surface area contributed by atoms with Crippen LogP contribution in [0.25, 0.3) is 0 Å². The molecule has 1 N–H and O–H groups in total. The van der Waals surface area contributed by atoms with Crippen molar-refractivity contribution >= 4 is 5.97 Å². The molecule has 0 aromatic carbocycles. The Balaban J connectivity index is 1.80. The van der Waals surface area contributed by atoms with E-state index in [4.69, 9.17) is 9.84 Å². The molecule has 0 radical (unpaired) electrons. The predicted molar refractivity (Wildman–Crippen MR) is 62.4 cm³/mol. The molecule has 1 aromatic heterocycles. The van der Waals surface area contributed by atoms with Crippen molar-refractivity contribution in [2.45, 2.75) is 44.8 Å². The molecule has 1 atom stereocenters. The van der Waals surface area contributed by atoms with E-state index in [-0.39, 0.29) is 11.8 Å². The number of nitrogens with zero attached hydrogens (tertiary/aromatic N) is 3. The van der Waals surface area contributed by atoms with Gasteiger partial charge in [0, 0.05) is 6.61 Å². The summed E-state index contributed by atoms with van der Waals surface area (Å²) in [4.78, 5) is 11.1. The summed E-state index contributed by atoms with van der Waals surface area (Å²) in [6.07, 6.45) is 5.40. The first-order valence-electron chi connectivity index (χ1n) is 6.51. The minimum absolute atomic E-state index is 0.111. The van der Waals surface area contributed by atoms with Crippen molar-refractivity contribution in [2.75, 3.05) is 6.61 Å². The van der Waals surface area contributed by atoms with Gasteiger partial charge in [0.1, 0.15) is 0 Å². The largest absolute Gasteiger partial charge is 0.476 e. The molecule has 0 amide bonds. The fraction of sp³-hybridized carbons (Fsp3) is 0.750.